The van der Waals surface area contributed by atoms with Gasteiger partial charge < -0.3 is 9.15 Å². The van der Waals surface area contributed by atoms with Gasteiger partial charge in [0, 0.05) is 6.42 Å². The van der Waals surface area contributed by atoms with Gasteiger partial charge in [0.2, 0.25) is 5.89 Å². The van der Waals surface area contributed by atoms with Crippen LogP contribution in [0.2, 0.25) is 0 Å². The number of hydrogen-bond donors (Lipinski definition) is 0. The molecule has 9 heteroatoms. The first-order valence-electron chi connectivity index (χ1n) is 9.79. The van der Waals surface area contributed by atoms with Gasteiger partial charge in [-0.15, -0.1) is 0 Å². The molecule has 0 spiro atoms. The minimum Gasteiger partial charge on any atom is -0.447 e. The maximum absolute atomic E-state index is 12.8. The van der Waals surface area contributed by atoms with Crippen LogP contribution in [0.25, 0.3) is 0 Å². The Bertz CT molecular complexity index is 1110. The van der Waals surface area contributed by atoms with Crippen LogP contribution in [-0.2, 0) is 25.6 Å². The van der Waals surface area contributed by atoms with E-state index in [1.807, 2.05) is 37.3 Å². The molecule has 0 unspecified atom stereocenters. The standard InChI is InChI=1S/C22H22N2O6S/c1-16-7-9-19(10-8-16)31(26,27)30-18-13-20(21-23-11-12-28-21)24(14-18)22(25)29-15-17-5-3-2-4-6-17/h2-12,18,20H,13-15H2,1H3/t18-,20+/m1/s1. The van der Waals surface area contributed by atoms with Gasteiger partial charge in [-0.25, -0.2) is 9.78 Å². The zero-order valence-electron chi connectivity index (χ0n) is 16.9. The van der Waals surface area contributed by atoms with Gasteiger partial charge in [-0.3, -0.25) is 9.08 Å². The molecular weight excluding hydrogens is 420 g/mol. The highest BCUT2D eigenvalue weighted by atomic mass is 32.2. The smallest absolute Gasteiger partial charge is 0.410 e. The molecule has 1 aromatic heterocycles. The second-order valence-corrected chi connectivity index (χ2v) is 8.87. The first-order chi connectivity index (χ1) is 14.9. The van der Waals surface area contributed by atoms with E-state index in [0.717, 1.165) is 11.1 Å². The second kappa shape index (κ2) is 8.91. The van der Waals surface area contributed by atoms with Gasteiger partial charge in [0.25, 0.3) is 10.1 Å². The Kier molecular flexibility index (Phi) is 6.06. The second-order valence-electron chi connectivity index (χ2n) is 7.30. The highest BCUT2D eigenvalue weighted by Crippen LogP contribution is 2.34. The minimum absolute atomic E-state index is 0.0335. The van der Waals surface area contributed by atoms with Crippen molar-refractivity contribution in [3.63, 3.8) is 0 Å². The quantitative estimate of drug-likeness (QED) is 0.535. The van der Waals surface area contributed by atoms with E-state index in [-0.39, 0.29) is 24.5 Å². The Hall–Kier alpha value is -3.17. The fraction of sp³-hybridized carbons (Fsp3) is 0.273. The van der Waals surface area contributed by atoms with E-state index in [0.29, 0.717) is 5.89 Å². The van der Waals surface area contributed by atoms with Crippen molar-refractivity contribution in [1.82, 2.24) is 9.88 Å². The number of aromatic nitrogens is 1. The van der Waals surface area contributed by atoms with Crippen LogP contribution in [0.3, 0.4) is 0 Å². The number of amides is 1. The molecule has 3 aromatic rings. The number of likely N-dealkylation sites (tertiary alicyclic amines) is 1. The summed E-state index contributed by atoms with van der Waals surface area (Å²) in [4.78, 5) is 18.4. The van der Waals surface area contributed by atoms with E-state index in [1.165, 1.54) is 29.5 Å². The normalized spacial score (nSPS) is 18.8. The summed E-state index contributed by atoms with van der Waals surface area (Å²) >= 11 is 0. The lowest BCUT2D eigenvalue weighted by molar-refractivity contribution is 0.0853. The van der Waals surface area contributed by atoms with Crippen LogP contribution < -0.4 is 0 Å². The molecule has 1 aliphatic heterocycles. The van der Waals surface area contributed by atoms with Gasteiger partial charge in [-0.2, -0.15) is 8.42 Å². The Morgan fingerprint density at radius 1 is 1.16 bits per heavy atom. The van der Waals surface area contributed by atoms with E-state index in [1.54, 1.807) is 12.1 Å². The summed E-state index contributed by atoms with van der Waals surface area (Å²) in [6.07, 6.45) is 1.74. The Balaban J connectivity index is 1.48. The van der Waals surface area contributed by atoms with Crippen molar-refractivity contribution >= 4 is 16.2 Å². The summed E-state index contributed by atoms with van der Waals surface area (Å²) in [7, 11) is -3.99. The molecule has 1 saturated heterocycles. The lowest BCUT2D eigenvalue weighted by Crippen LogP contribution is -2.33. The molecule has 1 aliphatic rings. The number of rotatable bonds is 6. The van der Waals surface area contributed by atoms with Crippen LogP contribution in [0, 0.1) is 6.92 Å². The third-order valence-corrected chi connectivity index (χ3v) is 6.39. The number of aryl methyl sites for hydroxylation is 1. The number of carbonyl (C=O) groups is 1. The van der Waals surface area contributed by atoms with Crippen molar-refractivity contribution in [1.29, 1.82) is 0 Å². The van der Waals surface area contributed by atoms with Crippen molar-refractivity contribution in [2.75, 3.05) is 6.54 Å². The number of carbonyl (C=O) groups excluding carboxylic acids is 1. The molecule has 2 aromatic carbocycles. The molecule has 8 nitrogen and oxygen atoms in total. The first-order valence-corrected chi connectivity index (χ1v) is 11.2. The number of benzene rings is 2. The molecule has 162 valence electrons. The van der Waals surface area contributed by atoms with E-state index in [4.69, 9.17) is 13.3 Å². The number of oxazole rings is 1. The molecule has 1 amide bonds. The zero-order valence-corrected chi connectivity index (χ0v) is 17.7. The molecule has 0 aliphatic carbocycles. The molecule has 0 saturated carbocycles. The molecule has 4 rings (SSSR count). The predicted octanol–water partition coefficient (Wildman–Crippen LogP) is 3.84. The molecule has 2 atom stereocenters. The Morgan fingerprint density at radius 3 is 2.58 bits per heavy atom. The van der Waals surface area contributed by atoms with Gasteiger partial charge in [0.15, 0.2) is 0 Å². The Labute approximate surface area is 180 Å². The van der Waals surface area contributed by atoms with Crippen molar-refractivity contribution in [2.24, 2.45) is 0 Å². The summed E-state index contributed by atoms with van der Waals surface area (Å²) in [6.45, 7) is 2.00. The first kappa shape index (κ1) is 21.1. The summed E-state index contributed by atoms with van der Waals surface area (Å²) in [5.74, 6) is 0.301. The van der Waals surface area contributed by atoms with Crippen LogP contribution in [0.4, 0.5) is 4.79 Å². The number of nitrogens with zero attached hydrogens (tertiary/aromatic N) is 2. The number of hydrogen-bond acceptors (Lipinski definition) is 7. The van der Waals surface area contributed by atoms with Crippen molar-refractivity contribution in [2.45, 2.75) is 37.0 Å². The average molecular weight is 442 g/mol. The fourth-order valence-corrected chi connectivity index (χ4v) is 4.52. The van der Waals surface area contributed by atoms with Crippen molar-refractivity contribution in [3.8, 4) is 0 Å². The maximum atomic E-state index is 12.8. The topological polar surface area (TPSA) is 98.9 Å². The van der Waals surface area contributed by atoms with Gasteiger partial charge >= 0.3 is 6.09 Å². The summed E-state index contributed by atoms with van der Waals surface area (Å²) in [5.41, 5.74) is 1.79. The van der Waals surface area contributed by atoms with Gasteiger partial charge in [-0.05, 0) is 24.6 Å². The van der Waals surface area contributed by atoms with Crippen LogP contribution in [0.1, 0.15) is 29.5 Å². The van der Waals surface area contributed by atoms with E-state index >= 15 is 0 Å². The summed E-state index contributed by atoms with van der Waals surface area (Å²) in [6, 6.07) is 15.1. The van der Waals surface area contributed by atoms with Crippen molar-refractivity contribution < 1.29 is 26.5 Å². The molecule has 0 N–H and O–H groups in total. The predicted molar refractivity (Wildman–Crippen MR) is 110 cm³/mol. The summed E-state index contributed by atoms with van der Waals surface area (Å²) in [5, 5.41) is 0. The number of ether oxygens (including phenoxy) is 1. The minimum atomic E-state index is -3.99. The third-order valence-electron chi connectivity index (χ3n) is 5.01. The average Bonchev–Trinajstić information content (AvgIpc) is 3.43. The van der Waals surface area contributed by atoms with Gasteiger partial charge in [-0.1, -0.05) is 48.0 Å². The van der Waals surface area contributed by atoms with Gasteiger partial charge in [0.05, 0.1) is 23.7 Å². The SMILES string of the molecule is Cc1ccc(S(=O)(=O)O[C@@H]2C[C@@H](c3ncco3)N(C(=O)OCc3ccccc3)C2)cc1. The van der Waals surface area contributed by atoms with E-state index < -0.39 is 28.4 Å². The largest absolute Gasteiger partial charge is 0.447 e. The zero-order chi connectivity index (χ0) is 21.8. The monoisotopic (exact) mass is 442 g/mol. The van der Waals surface area contributed by atoms with E-state index in [2.05, 4.69) is 4.98 Å². The van der Waals surface area contributed by atoms with Crippen LogP contribution in [0.5, 0.6) is 0 Å². The van der Waals surface area contributed by atoms with Crippen molar-refractivity contribution in [3.05, 3.63) is 84.1 Å². The molecule has 0 radical (unpaired) electrons. The van der Waals surface area contributed by atoms with E-state index in [9.17, 15) is 13.2 Å². The van der Waals surface area contributed by atoms with Crippen LogP contribution in [-0.4, -0.2) is 37.0 Å². The summed E-state index contributed by atoms with van der Waals surface area (Å²) < 4.78 is 41.6. The van der Waals surface area contributed by atoms with Gasteiger partial charge in [0.1, 0.15) is 18.9 Å². The third kappa shape index (κ3) is 4.95. The highest BCUT2D eigenvalue weighted by Gasteiger charge is 2.42. The maximum Gasteiger partial charge on any atom is 0.410 e. The molecular formula is C22H22N2O6S. The molecule has 1 fully saturated rings. The fourth-order valence-electron chi connectivity index (χ4n) is 3.44. The molecule has 31 heavy (non-hydrogen) atoms. The molecule has 2 heterocycles. The van der Waals surface area contributed by atoms with Crippen LogP contribution >= 0.6 is 0 Å². The van der Waals surface area contributed by atoms with Crippen LogP contribution in [0.15, 0.2) is 76.4 Å². The molecule has 0 bridgehead atoms. The highest BCUT2D eigenvalue weighted by molar-refractivity contribution is 7.86. The Morgan fingerprint density at radius 2 is 1.90 bits per heavy atom. The lowest BCUT2D eigenvalue weighted by Gasteiger charge is -2.21. The lowest BCUT2D eigenvalue weighted by atomic mass is 10.2.